The first-order chi connectivity index (χ1) is 11.3. The van der Waals surface area contributed by atoms with Crippen molar-refractivity contribution in [1.29, 1.82) is 0 Å². The summed E-state index contributed by atoms with van der Waals surface area (Å²) in [6.45, 7) is 2.51. The molecule has 2 heterocycles. The Balaban J connectivity index is 1.48. The van der Waals surface area contributed by atoms with Crippen LogP contribution in [0.4, 0.5) is 13.2 Å². The summed E-state index contributed by atoms with van der Waals surface area (Å²) in [6.07, 6.45) is -4.82. The molecule has 8 heteroatoms. The monoisotopic (exact) mass is 352 g/mol. The predicted octanol–water partition coefficient (Wildman–Crippen LogP) is 0.438. The fourth-order valence-electron chi connectivity index (χ4n) is 4.52. The Morgan fingerprint density at radius 3 is 2.04 bits per heavy atom. The fraction of sp³-hybridized carbons (Fsp3) is 1.00. The molecule has 5 nitrogen and oxygen atoms in total. The summed E-state index contributed by atoms with van der Waals surface area (Å²) >= 11 is 0. The van der Waals surface area contributed by atoms with E-state index in [4.69, 9.17) is 0 Å². The average Bonchev–Trinajstić information content (AvgIpc) is 2.47. The molecule has 0 aromatic rings. The minimum atomic E-state index is -4.12. The van der Waals surface area contributed by atoms with Gasteiger partial charge in [-0.05, 0) is 18.8 Å². The standard InChI is InChI=1S/C16H27F3N2O3/c17-16(18,19)11-3-1-2-4-12(11)21-6-10(7-21)5-20-8-13(22)15(24)14(23)9-20/h10-15,22-24H,1-9H2/t11-,12+,13-,14+,15?/m1/s1. The van der Waals surface area contributed by atoms with Crippen molar-refractivity contribution in [2.24, 2.45) is 11.8 Å². The van der Waals surface area contributed by atoms with Gasteiger partial charge in [0.1, 0.15) is 6.10 Å². The van der Waals surface area contributed by atoms with Gasteiger partial charge in [0.2, 0.25) is 0 Å². The lowest BCUT2D eigenvalue weighted by Gasteiger charge is -2.50. The van der Waals surface area contributed by atoms with Crippen LogP contribution in [-0.2, 0) is 0 Å². The van der Waals surface area contributed by atoms with E-state index in [0.717, 1.165) is 6.42 Å². The van der Waals surface area contributed by atoms with Crippen molar-refractivity contribution in [2.45, 2.75) is 56.2 Å². The first kappa shape index (κ1) is 18.4. The Kier molecular flexibility index (Phi) is 5.42. The van der Waals surface area contributed by atoms with Crippen LogP contribution in [0.15, 0.2) is 0 Å². The number of aliphatic hydroxyl groups is 3. The van der Waals surface area contributed by atoms with Crippen LogP contribution in [0.3, 0.4) is 0 Å². The van der Waals surface area contributed by atoms with E-state index in [0.29, 0.717) is 45.6 Å². The first-order valence-electron chi connectivity index (χ1n) is 8.83. The number of halogens is 3. The number of rotatable bonds is 3. The molecule has 0 radical (unpaired) electrons. The number of aliphatic hydroxyl groups excluding tert-OH is 3. The number of piperidine rings is 1. The minimum absolute atomic E-state index is 0.234. The van der Waals surface area contributed by atoms with Crippen molar-refractivity contribution < 1.29 is 28.5 Å². The summed E-state index contributed by atoms with van der Waals surface area (Å²) in [6, 6.07) is -0.394. The second kappa shape index (κ2) is 7.07. The lowest BCUT2D eigenvalue weighted by atomic mass is 9.80. The topological polar surface area (TPSA) is 67.2 Å². The Morgan fingerprint density at radius 2 is 1.46 bits per heavy atom. The molecule has 0 amide bonds. The van der Waals surface area contributed by atoms with Gasteiger partial charge >= 0.3 is 6.18 Å². The maximum absolute atomic E-state index is 13.2. The zero-order valence-corrected chi connectivity index (χ0v) is 13.7. The molecule has 1 saturated carbocycles. The lowest BCUT2D eigenvalue weighted by molar-refractivity contribution is -0.206. The molecule has 2 saturated heterocycles. The molecular formula is C16H27F3N2O3. The molecule has 2 aliphatic heterocycles. The summed E-state index contributed by atoms with van der Waals surface area (Å²) < 4.78 is 39.6. The van der Waals surface area contributed by atoms with Crippen LogP contribution in [-0.4, -0.2) is 88.4 Å². The van der Waals surface area contributed by atoms with Crippen molar-refractivity contribution in [2.75, 3.05) is 32.7 Å². The third kappa shape index (κ3) is 3.88. The summed E-state index contributed by atoms with van der Waals surface area (Å²) in [4.78, 5) is 3.85. The average molecular weight is 352 g/mol. The Bertz CT molecular complexity index is 419. The highest BCUT2D eigenvalue weighted by Crippen LogP contribution is 2.42. The summed E-state index contributed by atoms with van der Waals surface area (Å²) in [5.41, 5.74) is 0. The fourth-order valence-corrected chi connectivity index (χ4v) is 4.52. The lowest BCUT2D eigenvalue weighted by Crippen LogP contribution is -2.62. The number of alkyl halides is 3. The highest BCUT2D eigenvalue weighted by atomic mass is 19.4. The predicted molar refractivity (Wildman–Crippen MR) is 81.3 cm³/mol. The van der Waals surface area contributed by atoms with Crippen molar-refractivity contribution in [3.63, 3.8) is 0 Å². The van der Waals surface area contributed by atoms with Gasteiger partial charge in [-0.15, -0.1) is 0 Å². The molecule has 3 aliphatic rings. The van der Waals surface area contributed by atoms with Crippen molar-refractivity contribution in [3.05, 3.63) is 0 Å². The van der Waals surface area contributed by atoms with Gasteiger partial charge in [0, 0.05) is 38.8 Å². The molecule has 3 N–H and O–H groups in total. The third-order valence-electron chi connectivity index (χ3n) is 5.80. The van der Waals surface area contributed by atoms with Gasteiger partial charge in [0.25, 0.3) is 0 Å². The van der Waals surface area contributed by atoms with Gasteiger partial charge in [-0.2, -0.15) is 13.2 Å². The highest BCUT2D eigenvalue weighted by molar-refractivity contribution is 4.95. The first-order valence-corrected chi connectivity index (χ1v) is 8.83. The molecule has 1 aliphatic carbocycles. The van der Waals surface area contributed by atoms with Crippen LogP contribution in [0.1, 0.15) is 25.7 Å². The highest BCUT2D eigenvalue weighted by Gasteiger charge is 2.49. The van der Waals surface area contributed by atoms with Crippen LogP contribution < -0.4 is 0 Å². The Hall–Kier alpha value is -0.410. The van der Waals surface area contributed by atoms with Crippen LogP contribution >= 0.6 is 0 Å². The van der Waals surface area contributed by atoms with Crippen LogP contribution in [0, 0.1) is 11.8 Å². The number of likely N-dealkylation sites (tertiary alicyclic amines) is 2. The van der Waals surface area contributed by atoms with E-state index >= 15 is 0 Å². The van der Waals surface area contributed by atoms with E-state index in [1.807, 2.05) is 9.80 Å². The van der Waals surface area contributed by atoms with Gasteiger partial charge in [-0.1, -0.05) is 12.8 Å². The molecule has 24 heavy (non-hydrogen) atoms. The largest absolute Gasteiger partial charge is 0.393 e. The molecule has 3 rings (SSSR count). The second-order valence-electron chi connectivity index (χ2n) is 7.66. The van der Waals surface area contributed by atoms with E-state index in [1.165, 1.54) is 0 Å². The van der Waals surface area contributed by atoms with E-state index in [-0.39, 0.29) is 12.3 Å². The minimum Gasteiger partial charge on any atom is -0.389 e. The quantitative estimate of drug-likeness (QED) is 0.688. The molecule has 0 bridgehead atoms. The van der Waals surface area contributed by atoms with Crippen LogP contribution in [0.5, 0.6) is 0 Å². The van der Waals surface area contributed by atoms with Crippen LogP contribution in [0.25, 0.3) is 0 Å². The summed E-state index contributed by atoms with van der Waals surface area (Å²) in [7, 11) is 0. The maximum Gasteiger partial charge on any atom is 0.393 e. The van der Waals surface area contributed by atoms with Crippen molar-refractivity contribution in [1.82, 2.24) is 9.80 Å². The molecule has 3 fully saturated rings. The molecule has 0 aromatic heterocycles. The summed E-state index contributed by atoms with van der Waals surface area (Å²) in [5.74, 6) is -0.948. The van der Waals surface area contributed by atoms with Gasteiger partial charge in [-0.25, -0.2) is 0 Å². The number of nitrogens with zero attached hydrogens (tertiary/aromatic N) is 2. The number of β-amino-alcohol motifs (C(OH)–C–C–N with tert-alkyl or cyclic N) is 2. The molecule has 1 unspecified atom stereocenters. The smallest absolute Gasteiger partial charge is 0.389 e. The van der Waals surface area contributed by atoms with E-state index in [2.05, 4.69) is 0 Å². The van der Waals surface area contributed by atoms with Gasteiger partial charge in [0.15, 0.2) is 0 Å². The number of hydrogen-bond donors (Lipinski definition) is 3. The number of hydrogen-bond acceptors (Lipinski definition) is 5. The molecule has 0 spiro atoms. The summed E-state index contributed by atoms with van der Waals surface area (Å²) in [5, 5.41) is 29.0. The Morgan fingerprint density at radius 1 is 0.875 bits per heavy atom. The molecule has 5 atom stereocenters. The van der Waals surface area contributed by atoms with Crippen molar-refractivity contribution >= 4 is 0 Å². The normalized spacial score (nSPS) is 40.5. The maximum atomic E-state index is 13.2. The van der Waals surface area contributed by atoms with Gasteiger partial charge < -0.3 is 15.3 Å². The van der Waals surface area contributed by atoms with Crippen LogP contribution in [0.2, 0.25) is 0 Å². The SMILES string of the molecule is OC1[C@H](O)CN(CC2CN([C@H]3CCCC[C@H]3C(F)(F)F)C2)C[C@@H]1O. The zero-order valence-electron chi connectivity index (χ0n) is 13.7. The van der Waals surface area contributed by atoms with E-state index < -0.39 is 36.4 Å². The zero-order chi connectivity index (χ0) is 17.5. The molecular weight excluding hydrogens is 325 g/mol. The van der Waals surface area contributed by atoms with E-state index in [9.17, 15) is 28.5 Å². The molecule has 140 valence electrons. The van der Waals surface area contributed by atoms with E-state index in [1.54, 1.807) is 0 Å². The van der Waals surface area contributed by atoms with Crippen molar-refractivity contribution in [3.8, 4) is 0 Å². The van der Waals surface area contributed by atoms with Gasteiger partial charge in [-0.3, -0.25) is 9.80 Å². The third-order valence-corrected chi connectivity index (χ3v) is 5.80. The Labute approximate surface area is 140 Å². The second-order valence-corrected chi connectivity index (χ2v) is 7.66. The van der Waals surface area contributed by atoms with Gasteiger partial charge in [0.05, 0.1) is 18.1 Å². The molecule has 0 aromatic carbocycles.